The van der Waals surface area contributed by atoms with Gasteiger partial charge >= 0.3 is 11.9 Å². The van der Waals surface area contributed by atoms with Gasteiger partial charge < -0.3 is 18.9 Å². The topological polar surface area (TPSA) is 74.3 Å². The molecule has 1 aliphatic carbocycles. The van der Waals surface area contributed by atoms with Crippen molar-refractivity contribution in [3.05, 3.63) is 71.8 Å². The van der Waals surface area contributed by atoms with Gasteiger partial charge in [0.1, 0.15) is 6.10 Å². The van der Waals surface area contributed by atoms with Crippen molar-refractivity contribution in [2.75, 3.05) is 13.1 Å². The highest BCUT2D eigenvalue weighted by Crippen LogP contribution is 2.46. The van der Waals surface area contributed by atoms with Crippen molar-refractivity contribution in [3.63, 3.8) is 0 Å². The average molecular weight is 478 g/mol. The fourth-order valence-corrected chi connectivity index (χ4v) is 6.16. The molecule has 35 heavy (non-hydrogen) atoms. The van der Waals surface area contributed by atoms with Crippen molar-refractivity contribution >= 4 is 11.9 Å². The van der Waals surface area contributed by atoms with Gasteiger partial charge in [-0.25, -0.2) is 9.59 Å². The van der Waals surface area contributed by atoms with Crippen LogP contribution in [0.15, 0.2) is 60.7 Å². The molecule has 2 aromatic rings. The Morgan fingerprint density at radius 3 is 2.11 bits per heavy atom. The molecule has 0 amide bonds. The summed E-state index contributed by atoms with van der Waals surface area (Å²) in [5.74, 6) is -1.51. The number of hydrogen-bond donors (Lipinski definition) is 0. The smallest absolute Gasteiger partial charge is 0.338 e. The fraction of sp³-hybridized carbons (Fsp3) is 0.500. The Balaban J connectivity index is 1.32. The normalized spacial score (nSPS) is 31.5. The van der Waals surface area contributed by atoms with E-state index in [9.17, 15) is 9.59 Å². The van der Waals surface area contributed by atoms with Crippen molar-refractivity contribution in [3.8, 4) is 0 Å². The molecule has 184 valence electrons. The van der Waals surface area contributed by atoms with Gasteiger partial charge in [-0.1, -0.05) is 42.8 Å². The monoisotopic (exact) mass is 477 g/mol. The summed E-state index contributed by atoms with van der Waals surface area (Å²) in [6.45, 7) is 1.31. The number of benzene rings is 2. The Hall–Kier alpha value is -2.74. The highest BCUT2D eigenvalue weighted by atomic mass is 16.7. The maximum absolute atomic E-state index is 13.2. The molecule has 4 fully saturated rings. The molecular weight excluding hydrogens is 446 g/mol. The van der Waals surface area contributed by atoms with E-state index in [4.69, 9.17) is 18.9 Å². The van der Waals surface area contributed by atoms with Gasteiger partial charge in [-0.2, -0.15) is 0 Å². The Morgan fingerprint density at radius 2 is 1.46 bits per heavy atom. The van der Waals surface area contributed by atoms with Crippen LogP contribution in [0.25, 0.3) is 0 Å². The van der Waals surface area contributed by atoms with E-state index in [1.165, 1.54) is 6.42 Å². The van der Waals surface area contributed by atoms with E-state index in [2.05, 4.69) is 4.90 Å². The highest BCUT2D eigenvalue weighted by molar-refractivity contribution is 5.90. The lowest BCUT2D eigenvalue weighted by atomic mass is 9.87. The van der Waals surface area contributed by atoms with Crippen LogP contribution < -0.4 is 0 Å². The summed E-state index contributed by atoms with van der Waals surface area (Å²) in [5.41, 5.74) is 0.934. The summed E-state index contributed by atoms with van der Waals surface area (Å²) >= 11 is 0. The number of ether oxygens (including phenoxy) is 4. The zero-order valence-electron chi connectivity index (χ0n) is 19.7. The Kier molecular flexibility index (Phi) is 6.08. The minimum absolute atomic E-state index is 0.0237. The molecule has 7 heteroatoms. The zero-order valence-corrected chi connectivity index (χ0v) is 19.7. The van der Waals surface area contributed by atoms with Crippen LogP contribution in [-0.2, 0) is 18.9 Å². The molecule has 0 aromatic heterocycles. The van der Waals surface area contributed by atoms with Crippen LogP contribution in [0.5, 0.6) is 0 Å². The van der Waals surface area contributed by atoms with Gasteiger partial charge in [-0.05, 0) is 43.5 Å². The molecule has 0 radical (unpaired) electrons. The van der Waals surface area contributed by atoms with E-state index in [0.29, 0.717) is 17.7 Å². The van der Waals surface area contributed by atoms with E-state index >= 15 is 0 Å². The van der Waals surface area contributed by atoms with Crippen LogP contribution in [0.1, 0.15) is 59.2 Å². The molecule has 2 aromatic carbocycles. The Morgan fingerprint density at radius 1 is 0.829 bits per heavy atom. The molecule has 0 N–H and O–H groups in total. The van der Waals surface area contributed by atoms with Crippen LogP contribution in [0.4, 0.5) is 0 Å². The molecule has 3 aliphatic heterocycles. The molecule has 3 saturated heterocycles. The van der Waals surface area contributed by atoms with E-state index in [-0.39, 0.29) is 12.1 Å². The fourth-order valence-electron chi connectivity index (χ4n) is 6.16. The van der Waals surface area contributed by atoms with Gasteiger partial charge in [0.15, 0.2) is 18.0 Å². The molecule has 1 spiro atoms. The number of carbonyl (C=O) groups is 2. The third-order valence-electron chi connectivity index (χ3n) is 7.80. The molecule has 0 unspecified atom stereocenters. The third kappa shape index (κ3) is 4.37. The predicted molar refractivity (Wildman–Crippen MR) is 127 cm³/mol. The van der Waals surface area contributed by atoms with Gasteiger partial charge in [0.2, 0.25) is 0 Å². The first kappa shape index (κ1) is 22.7. The number of rotatable bonds is 4. The Labute approximate surface area is 205 Å². The van der Waals surface area contributed by atoms with E-state index < -0.39 is 36.0 Å². The van der Waals surface area contributed by atoms with Crippen molar-refractivity contribution in [1.82, 2.24) is 4.90 Å². The second kappa shape index (κ2) is 9.37. The summed E-state index contributed by atoms with van der Waals surface area (Å²) in [6, 6.07) is 17.8. The first-order valence-corrected chi connectivity index (χ1v) is 12.7. The SMILES string of the molecule is O=C(O[C@H]1[C@@H]2OC3(CCCCC3)O[C@H]3CCN(C[C@@H]1OC(=O)c1ccccc1)[C@@H]23)c1ccccc1. The first-order valence-electron chi connectivity index (χ1n) is 12.7. The number of piperidine rings is 1. The summed E-state index contributed by atoms with van der Waals surface area (Å²) in [7, 11) is 0. The van der Waals surface area contributed by atoms with E-state index in [0.717, 1.165) is 38.6 Å². The molecule has 4 aliphatic rings. The molecular formula is C28H31NO6. The number of hydrogen-bond acceptors (Lipinski definition) is 7. The lowest BCUT2D eigenvalue weighted by Crippen LogP contribution is -2.69. The van der Waals surface area contributed by atoms with E-state index in [1.54, 1.807) is 48.5 Å². The van der Waals surface area contributed by atoms with Crippen molar-refractivity contribution < 1.29 is 28.5 Å². The second-order valence-corrected chi connectivity index (χ2v) is 10.0. The van der Waals surface area contributed by atoms with Crippen LogP contribution in [0.2, 0.25) is 0 Å². The molecule has 6 rings (SSSR count). The lowest BCUT2D eigenvalue weighted by molar-refractivity contribution is -0.359. The highest BCUT2D eigenvalue weighted by Gasteiger charge is 2.60. The maximum atomic E-state index is 13.2. The summed E-state index contributed by atoms with van der Waals surface area (Å²) in [4.78, 5) is 28.5. The minimum Gasteiger partial charge on any atom is -0.453 e. The van der Waals surface area contributed by atoms with Gasteiger partial charge in [0.05, 0.1) is 23.3 Å². The summed E-state index contributed by atoms with van der Waals surface area (Å²) in [6.07, 6.45) is 4.06. The molecule has 7 nitrogen and oxygen atoms in total. The summed E-state index contributed by atoms with van der Waals surface area (Å²) in [5, 5.41) is 0. The number of esters is 2. The van der Waals surface area contributed by atoms with Gasteiger partial charge in [0, 0.05) is 25.9 Å². The standard InChI is InChI=1S/C28H31NO6/c30-26(19-10-4-1-5-11-19)32-22-18-29-17-14-21-23(29)25(35-28(34-21)15-8-3-9-16-28)24(22)33-27(31)20-12-6-2-7-13-20/h1-2,4-7,10-13,21-25H,3,8-9,14-18H2/t21-,22-,23+,24+,25+/m0/s1. The summed E-state index contributed by atoms with van der Waals surface area (Å²) < 4.78 is 25.5. The number of carbonyl (C=O) groups excluding carboxylic acids is 2. The van der Waals surface area contributed by atoms with Gasteiger partial charge in [-0.3, -0.25) is 4.90 Å². The quantitative estimate of drug-likeness (QED) is 0.617. The molecule has 5 atom stereocenters. The zero-order chi connectivity index (χ0) is 23.8. The second-order valence-electron chi connectivity index (χ2n) is 10.0. The third-order valence-corrected chi connectivity index (χ3v) is 7.80. The van der Waals surface area contributed by atoms with Crippen molar-refractivity contribution in [2.24, 2.45) is 0 Å². The van der Waals surface area contributed by atoms with Crippen LogP contribution >= 0.6 is 0 Å². The predicted octanol–water partition coefficient (Wildman–Crippen LogP) is 3.97. The average Bonchev–Trinajstić information content (AvgIpc) is 3.30. The molecule has 1 saturated carbocycles. The van der Waals surface area contributed by atoms with Gasteiger partial charge in [0.25, 0.3) is 0 Å². The van der Waals surface area contributed by atoms with Crippen LogP contribution in [-0.4, -0.2) is 66.2 Å². The first-order chi connectivity index (χ1) is 17.1. The van der Waals surface area contributed by atoms with Crippen molar-refractivity contribution in [2.45, 2.75) is 74.8 Å². The maximum Gasteiger partial charge on any atom is 0.338 e. The van der Waals surface area contributed by atoms with Crippen LogP contribution in [0, 0.1) is 0 Å². The number of nitrogens with zero attached hydrogens (tertiary/aromatic N) is 1. The van der Waals surface area contributed by atoms with E-state index in [1.807, 2.05) is 12.1 Å². The lowest BCUT2D eigenvalue weighted by Gasteiger charge is -2.54. The van der Waals surface area contributed by atoms with Crippen molar-refractivity contribution in [1.29, 1.82) is 0 Å². The molecule has 0 bridgehead atoms. The van der Waals surface area contributed by atoms with Gasteiger partial charge in [-0.15, -0.1) is 0 Å². The Bertz CT molecular complexity index is 1050. The minimum atomic E-state index is -0.722. The largest absolute Gasteiger partial charge is 0.453 e. The van der Waals surface area contributed by atoms with Crippen LogP contribution in [0.3, 0.4) is 0 Å². The molecule has 3 heterocycles.